The molecular weight excluding hydrogens is 432 g/mol. The van der Waals surface area contributed by atoms with E-state index >= 15 is 0 Å². The molecule has 1 heterocycles. The number of pyridine rings is 1. The first-order valence-corrected chi connectivity index (χ1v) is 11.2. The summed E-state index contributed by atoms with van der Waals surface area (Å²) in [4.78, 5) is 2.35. The summed E-state index contributed by atoms with van der Waals surface area (Å²) in [5.74, 6) is 2.91. The summed E-state index contributed by atoms with van der Waals surface area (Å²) >= 11 is 0. The molecule has 1 aromatic heterocycles. The van der Waals surface area contributed by atoms with E-state index in [-0.39, 0.29) is 17.0 Å². The van der Waals surface area contributed by atoms with Crippen LogP contribution in [-0.4, -0.2) is 0 Å². The molecule has 0 atom stereocenters. The smallest absolute Gasteiger partial charge is 0.171 e. The van der Waals surface area contributed by atoms with E-state index in [4.69, 9.17) is 0 Å². The van der Waals surface area contributed by atoms with Crippen LogP contribution in [0.1, 0.15) is 38.5 Å². The fourth-order valence-corrected chi connectivity index (χ4v) is 6.87. The molecule has 4 aliphatic carbocycles. The van der Waals surface area contributed by atoms with Crippen molar-refractivity contribution in [1.82, 2.24) is 0 Å². The van der Waals surface area contributed by atoms with Gasteiger partial charge in [0.25, 0.3) is 0 Å². The van der Waals surface area contributed by atoms with Crippen LogP contribution in [0, 0.1) is 17.8 Å². The minimum Gasteiger partial charge on any atom is -1.00 e. The summed E-state index contributed by atoms with van der Waals surface area (Å²) < 4.78 is 2.58. The number of anilines is 3. The third-order valence-electron chi connectivity index (χ3n) is 7.65. The highest BCUT2D eigenvalue weighted by Crippen LogP contribution is 2.56. The lowest BCUT2D eigenvalue weighted by atomic mass is 9.53. The molecule has 4 aliphatic rings. The van der Waals surface area contributed by atoms with E-state index in [1.807, 2.05) is 0 Å². The van der Waals surface area contributed by atoms with Gasteiger partial charge in [-0.15, -0.1) is 0 Å². The number of aromatic nitrogens is 1. The Morgan fingerprint density at radius 3 is 1.43 bits per heavy atom. The van der Waals surface area contributed by atoms with Crippen molar-refractivity contribution in [3.8, 4) is 0 Å². The second-order valence-electron chi connectivity index (χ2n) is 9.61. The van der Waals surface area contributed by atoms with Gasteiger partial charge in [0.1, 0.15) is 0 Å². The third kappa shape index (κ3) is 3.37. The van der Waals surface area contributed by atoms with E-state index in [0.29, 0.717) is 5.54 Å². The Kier molecular flexibility index (Phi) is 5.18. The first-order chi connectivity index (χ1) is 14.3. The summed E-state index contributed by atoms with van der Waals surface area (Å²) in [6.07, 6.45) is 13.4. The van der Waals surface area contributed by atoms with Gasteiger partial charge in [0.05, 0.1) is 5.69 Å². The van der Waals surface area contributed by atoms with Gasteiger partial charge in [-0.2, -0.15) is 4.57 Å². The lowest BCUT2D eigenvalue weighted by Gasteiger charge is -2.53. The zero-order valence-corrected chi connectivity index (χ0v) is 18.9. The zero-order chi connectivity index (χ0) is 19.3. The van der Waals surface area contributed by atoms with Gasteiger partial charge in [-0.1, -0.05) is 36.4 Å². The lowest BCUT2D eigenvalue weighted by Crippen LogP contribution is -3.00. The lowest BCUT2D eigenvalue weighted by molar-refractivity contribution is -0.776. The van der Waals surface area contributed by atoms with E-state index < -0.39 is 0 Å². The molecule has 2 nitrogen and oxygen atoms in total. The van der Waals surface area contributed by atoms with Crippen LogP contribution in [0.2, 0.25) is 0 Å². The molecule has 0 saturated heterocycles. The van der Waals surface area contributed by atoms with Crippen molar-refractivity contribution < 1.29 is 21.5 Å². The molecule has 3 heteroatoms. The molecule has 0 spiro atoms. The predicted molar refractivity (Wildman–Crippen MR) is 117 cm³/mol. The van der Waals surface area contributed by atoms with Crippen LogP contribution in [0.15, 0.2) is 85.2 Å². The van der Waals surface area contributed by atoms with Gasteiger partial charge in [-0.25, -0.2) is 0 Å². The van der Waals surface area contributed by atoms with Gasteiger partial charge in [0.2, 0.25) is 0 Å². The first-order valence-electron chi connectivity index (χ1n) is 11.2. The van der Waals surface area contributed by atoms with Crippen LogP contribution in [0.3, 0.4) is 0 Å². The molecule has 4 fully saturated rings. The third-order valence-corrected chi connectivity index (χ3v) is 7.65. The summed E-state index contributed by atoms with van der Waals surface area (Å²) in [6, 6.07) is 26.0. The molecule has 4 bridgehead atoms. The Morgan fingerprint density at radius 2 is 1.00 bits per heavy atom. The Balaban J connectivity index is 0.00000193. The highest BCUT2D eigenvalue weighted by atomic mass is 79.9. The number of nitrogens with zero attached hydrogens (tertiary/aromatic N) is 2. The van der Waals surface area contributed by atoms with E-state index in [0.717, 1.165) is 17.8 Å². The van der Waals surface area contributed by atoms with Gasteiger partial charge < -0.3 is 21.9 Å². The minimum atomic E-state index is 0. The maximum absolute atomic E-state index is 2.58. The number of hydrogen-bond donors (Lipinski definition) is 0. The standard InChI is InChI=1S/C27H29N2.BrH/c1-3-7-24(8-4-1)29(25-9-5-2-6-10-25)26-11-13-28(14-12-26)27-18-21-15-22(19-27)17-23(16-21)20-27;/h1-14,21-23H,15-20H2;1H/q+1;/p-1. The molecule has 7 rings (SSSR count). The number of halogens is 1. The summed E-state index contributed by atoms with van der Waals surface area (Å²) in [5.41, 5.74) is 4.01. The fraction of sp³-hybridized carbons (Fsp3) is 0.370. The van der Waals surface area contributed by atoms with Crippen molar-refractivity contribution in [1.29, 1.82) is 0 Å². The van der Waals surface area contributed by atoms with Gasteiger partial charge in [-0.05, 0) is 61.3 Å². The fourth-order valence-electron chi connectivity index (χ4n) is 6.87. The molecular formula is C27H29BrN2. The van der Waals surface area contributed by atoms with Crippen molar-refractivity contribution in [2.45, 2.75) is 44.1 Å². The molecule has 3 aromatic rings. The second kappa shape index (κ2) is 7.85. The van der Waals surface area contributed by atoms with E-state index in [1.54, 1.807) is 0 Å². The second-order valence-corrected chi connectivity index (χ2v) is 9.61. The molecule has 0 radical (unpaired) electrons. The van der Waals surface area contributed by atoms with Crippen LogP contribution in [0.25, 0.3) is 0 Å². The SMILES string of the molecule is [Br-].c1ccc(N(c2ccccc2)c2cc[n+](C34CC5CC(CC(C5)C3)C4)cc2)cc1. The van der Waals surface area contributed by atoms with E-state index in [9.17, 15) is 0 Å². The molecule has 30 heavy (non-hydrogen) atoms. The monoisotopic (exact) mass is 460 g/mol. The largest absolute Gasteiger partial charge is 1.00 e. The van der Waals surface area contributed by atoms with Gasteiger partial charge in [0.15, 0.2) is 17.9 Å². The average Bonchev–Trinajstić information content (AvgIpc) is 2.75. The Labute approximate surface area is 190 Å². The van der Waals surface area contributed by atoms with Crippen molar-refractivity contribution in [2.75, 3.05) is 4.90 Å². The van der Waals surface area contributed by atoms with Crippen LogP contribution in [0.4, 0.5) is 17.1 Å². The first kappa shape index (κ1) is 19.8. The van der Waals surface area contributed by atoms with Crippen molar-refractivity contribution >= 4 is 17.1 Å². The average molecular weight is 461 g/mol. The Hall–Kier alpha value is -2.13. The molecule has 0 unspecified atom stereocenters. The molecule has 154 valence electrons. The normalized spacial score (nSPS) is 28.7. The summed E-state index contributed by atoms with van der Waals surface area (Å²) in [5, 5.41) is 0. The van der Waals surface area contributed by atoms with Gasteiger partial charge >= 0.3 is 0 Å². The maximum Gasteiger partial charge on any atom is 0.171 e. The van der Waals surface area contributed by atoms with E-state index in [2.05, 4.69) is 94.7 Å². The number of benzene rings is 2. The molecule has 2 aromatic carbocycles. The van der Waals surface area contributed by atoms with E-state index in [1.165, 1.54) is 55.6 Å². The van der Waals surface area contributed by atoms with Crippen LogP contribution in [-0.2, 0) is 5.54 Å². The topological polar surface area (TPSA) is 7.12 Å². The molecule has 4 saturated carbocycles. The predicted octanol–water partition coefficient (Wildman–Crippen LogP) is 3.37. The zero-order valence-electron chi connectivity index (χ0n) is 17.3. The quantitative estimate of drug-likeness (QED) is 0.541. The maximum atomic E-state index is 2.58. The Bertz CT molecular complexity index is 910. The van der Waals surface area contributed by atoms with Crippen LogP contribution in [0.5, 0.6) is 0 Å². The van der Waals surface area contributed by atoms with Gasteiger partial charge in [0, 0.05) is 42.8 Å². The minimum absolute atomic E-state index is 0. The number of hydrogen-bond acceptors (Lipinski definition) is 1. The highest BCUT2D eigenvalue weighted by Gasteiger charge is 2.56. The molecule has 0 aliphatic heterocycles. The van der Waals surface area contributed by atoms with Crippen molar-refractivity contribution in [2.24, 2.45) is 17.8 Å². The Morgan fingerprint density at radius 1 is 0.600 bits per heavy atom. The van der Waals surface area contributed by atoms with Crippen LogP contribution >= 0.6 is 0 Å². The molecule has 0 amide bonds. The summed E-state index contributed by atoms with van der Waals surface area (Å²) in [7, 11) is 0. The number of para-hydroxylation sites is 2. The number of rotatable bonds is 4. The summed E-state index contributed by atoms with van der Waals surface area (Å²) in [6.45, 7) is 0. The van der Waals surface area contributed by atoms with Crippen molar-refractivity contribution in [3.05, 3.63) is 85.2 Å². The van der Waals surface area contributed by atoms with Crippen molar-refractivity contribution in [3.63, 3.8) is 0 Å². The highest BCUT2D eigenvalue weighted by molar-refractivity contribution is 5.75. The van der Waals surface area contributed by atoms with Gasteiger partial charge in [-0.3, -0.25) is 0 Å². The molecule has 0 N–H and O–H groups in total. The van der Waals surface area contributed by atoms with Crippen LogP contribution < -0.4 is 26.4 Å².